The number of nitrogens with zero attached hydrogens (tertiary/aromatic N) is 3. The van der Waals surface area contributed by atoms with E-state index in [0.29, 0.717) is 17.8 Å². The van der Waals surface area contributed by atoms with Crippen molar-refractivity contribution in [2.45, 2.75) is 32.2 Å². The van der Waals surface area contributed by atoms with Gasteiger partial charge in [-0.2, -0.15) is 10.2 Å². The van der Waals surface area contributed by atoms with Gasteiger partial charge in [0.2, 0.25) is 6.04 Å². The van der Waals surface area contributed by atoms with E-state index in [2.05, 4.69) is 31.1 Å². The number of hydrogen-bond donors (Lipinski definition) is 3. The van der Waals surface area contributed by atoms with E-state index >= 15 is 0 Å². The molecule has 37 heavy (non-hydrogen) atoms. The summed E-state index contributed by atoms with van der Waals surface area (Å²) in [6.07, 6.45) is 3.37. The normalized spacial score (nSPS) is 15.9. The number of rotatable bonds is 10. The maximum atomic E-state index is 12.7. The molecular formula is C26H28N6O5. The zero-order valence-electron chi connectivity index (χ0n) is 20.5. The molecule has 2 aromatic rings. The molecule has 1 fully saturated rings. The predicted octanol–water partition coefficient (Wildman–Crippen LogP) is 2.47. The third-order valence-electron chi connectivity index (χ3n) is 6.19. The number of amides is 4. The van der Waals surface area contributed by atoms with Gasteiger partial charge in [0.1, 0.15) is 0 Å². The molecule has 11 heteroatoms. The Labute approximate surface area is 213 Å². The number of hydrogen-bond acceptors (Lipinski definition) is 8. The van der Waals surface area contributed by atoms with Crippen LogP contribution in [0.1, 0.15) is 57.3 Å². The van der Waals surface area contributed by atoms with Gasteiger partial charge in [-0.3, -0.25) is 29.3 Å². The van der Waals surface area contributed by atoms with Crippen molar-refractivity contribution in [3.63, 3.8) is 0 Å². The molecule has 0 radical (unpaired) electrons. The Bertz CT molecular complexity index is 1250. The van der Waals surface area contributed by atoms with Gasteiger partial charge in [0, 0.05) is 17.8 Å². The molecule has 11 nitrogen and oxygen atoms in total. The molecule has 192 valence electrons. The lowest BCUT2D eigenvalue weighted by molar-refractivity contribution is -0.126. The number of nitrogens with one attached hydrogen (secondary N) is 3. The Balaban J connectivity index is 1.31. The van der Waals surface area contributed by atoms with Crippen molar-refractivity contribution in [2.24, 2.45) is 10.2 Å². The standard InChI is InChI=1S/C26H28N6O5/c1-16(33)22(31-30-19-9-10-20-21(15-19)25(36)29-24(20)35)26(37)28-18-7-5-17(6-8-18)23(34)27-11-4-14-32-12-2-3-13-32/h5-10,15,22H,2-4,11-14H2,1H3,(H,27,34)(H,28,37)(H,29,35,36). The third kappa shape index (κ3) is 6.50. The molecule has 1 saturated heterocycles. The van der Waals surface area contributed by atoms with Gasteiger partial charge in [-0.1, -0.05) is 0 Å². The minimum absolute atomic E-state index is 0.154. The minimum Gasteiger partial charge on any atom is -0.352 e. The van der Waals surface area contributed by atoms with E-state index in [-0.39, 0.29) is 22.7 Å². The Hall–Kier alpha value is -4.25. The summed E-state index contributed by atoms with van der Waals surface area (Å²) in [7, 11) is 0. The largest absolute Gasteiger partial charge is 0.352 e. The minimum atomic E-state index is -1.41. The summed E-state index contributed by atoms with van der Waals surface area (Å²) in [6, 6.07) is 9.17. The lowest BCUT2D eigenvalue weighted by Crippen LogP contribution is -2.32. The lowest BCUT2D eigenvalue weighted by Gasteiger charge is -2.14. The molecule has 1 unspecified atom stereocenters. The molecule has 2 aromatic carbocycles. The van der Waals surface area contributed by atoms with Crippen LogP contribution < -0.4 is 16.0 Å². The Morgan fingerprint density at radius 3 is 2.41 bits per heavy atom. The first-order valence-electron chi connectivity index (χ1n) is 12.1. The number of azo groups is 1. The number of likely N-dealkylation sites (tertiary alicyclic amines) is 1. The number of carbonyl (C=O) groups is 5. The van der Waals surface area contributed by atoms with Crippen LogP contribution in [0.25, 0.3) is 0 Å². The van der Waals surface area contributed by atoms with E-state index in [1.54, 1.807) is 24.3 Å². The van der Waals surface area contributed by atoms with Crippen LogP contribution in [0.4, 0.5) is 11.4 Å². The summed E-state index contributed by atoms with van der Waals surface area (Å²) < 4.78 is 0. The van der Waals surface area contributed by atoms with Crippen molar-refractivity contribution in [3.05, 3.63) is 59.2 Å². The van der Waals surface area contributed by atoms with Crippen molar-refractivity contribution in [1.29, 1.82) is 0 Å². The van der Waals surface area contributed by atoms with Gasteiger partial charge in [-0.25, -0.2) is 0 Å². The first-order chi connectivity index (χ1) is 17.8. The quantitative estimate of drug-likeness (QED) is 0.196. The van der Waals surface area contributed by atoms with Crippen molar-refractivity contribution in [3.8, 4) is 0 Å². The van der Waals surface area contributed by atoms with E-state index in [1.807, 2.05) is 0 Å². The smallest absolute Gasteiger partial charge is 0.259 e. The summed E-state index contributed by atoms with van der Waals surface area (Å²) in [5.41, 5.74) is 1.45. The fourth-order valence-corrected chi connectivity index (χ4v) is 4.19. The van der Waals surface area contributed by atoms with Crippen molar-refractivity contribution < 1.29 is 24.0 Å². The van der Waals surface area contributed by atoms with Gasteiger partial charge in [0.15, 0.2) is 5.78 Å². The second kappa shape index (κ2) is 11.7. The third-order valence-corrected chi connectivity index (χ3v) is 6.19. The van der Waals surface area contributed by atoms with Gasteiger partial charge in [0.25, 0.3) is 23.6 Å². The molecule has 4 rings (SSSR count). The topological polar surface area (TPSA) is 149 Å². The number of ketones is 1. The van der Waals surface area contributed by atoms with E-state index in [1.165, 1.54) is 38.0 Å². The molecule has 1 atom stereocenters. The average Bonchev–Trinajstić information content (AvgIpc) is 3.49. The van der Waals surface area contributed by atoms with Crippen LogP contribution in [0, 0.1) is 0 Å². The monoisotopic (exact) mass is 504 g/mol. The molecule has 0 saturated carbocycles. The maximum Gasteiger partial charge on any atom is 0.259 e. The van der Waals surface area contributed by atoms with Gasteiger partial charge in [-0.15, -0.1) is 0 Å². The van der Waals surface area contributed by atoms with E-state index in [9.17, 15) is 24.0 Å². The van der Waals surface area contributed by atoms with Crippen molar-refractivity contribution in [1.82, 2.24) is 15.5 Å². The number of Topliss-reactive ketones (excluding diaryl/α,β-unsaturated/α-hetero) is 1. The molecule has 3 N–H and O–H groups in total. The molecule has 4 amide bonds. The van der Waals surface area contributed by atoms with Crippen LogP contribution in [0.5, 0.6) is 0 Å². The summed E-state index contributed by atoms with van der Waals surface area (Å²) in [5.74, 6) is -2.45. The van der Waals surface area contributed by atoms with Crippen LogP contribution in [-0.2, 0) is 9.59 Å². The zero-order chi connectivity index (χ0) is 26.4. The number of anilines is 1. The summed E-state index contributed by atoms with van der Waals surface area (Å²) in [5, 5.41) is 15.5. The first-order valence-corrected chi connectivity index (χ1v) is 12.1. The predicted molar refractivity (Wildman–Crippen MR) is 135 cm³/mol. The van der Waals surface area contributed by atoms with Crippen LogP contribution in [-0.4, -0.2) is 66.5 Å². The Morgan fingerprint density at radius 1 is 1.00 bits per heavy atom. The second-order valence-electron chi connectivity index (χ2n) is 8.97. The lowest BCUT2D eigenvalue weighted by atomic mass is 10.1. The highest BCUT2D eigenvalue weighted by molar-refractivity contribution is 6.21. The number of imide groups is 1. The molecule has 2 heterocycles. The van der Waals surface area contributed by atoms with Gasteiger partial charge in [0.05, 0.1) is 16.8 Å². The van der Waals surface area contributed by atoms with Crippen molar-refractivity contribution >= 4 is 40.8 Å². The van der Waals surface area contributed by atoms with Crippen LogP contribution >= 0.6 is 0 Å². The van der Waals surface area contributed by atoms with E-state index in [4.69, 9.17) is 0 Å². The maximum absolute atomic E-state index is 12.7. The van der Waals surface area contributed by atoms with Crippen LogP contribution in [0.3, 0.4) is 0 Å². The number of carbonyl (C=O) groups excluding carboxylic acids is 5. The highest BCUT2D eigenvalue weighted by atomic mass is 16.2. The van der Waals surface area contributed by atoms with E-state index in [0.717, 1.165) is 26.1 Å². The fourth-order valence-electron chi connectivity index (χ4n) is 4.19. The van der Waals surface area contributed by atoms with Gasteiger partial charge in [-0.05, 0) is 88.3 Å². The molecular weight excluding hydrogens is 476 g/mol. The van der Waals surface area contributed by atoms with Gasteiger partial charge < -0.3 is 15.5 Å². The highest BCUT2D eigenvalue weighted by Crippen LogP contribution is 2.23. The number of benzene rings is 2. The summed E-state index contributed by atoms with van der Waals surface area (Å²) in [6.45, 7) is 5.03. The van der Waals surface area contributed by atoms with Crippen LogP contribution in [0.2, 0.25) is 0 Å². The zero-order valence-corrected chi connectivity index (χ0v) is 20.5. The molecule has 0 aliphatic carbocycles. The van der Waals surface area contributed by atoms with Gasteiger partial charge >= 0.3 is 0 Å². The molecule has 0 bridgehead atoms. The van der Waals surface area contributed by atoms with E-state index < -0.39 is 29.5 Å². The summed E-state index contributed by atoms with van der Waals surface area (Å²) in [4.78, 5) is 63.0. The molecule has 0 aromatic heterocycles. The average molecular weight is 505 g/mol. The van der Waals surface area contributed by atoms with Crippen LogP contribution in [0.15, 0.2) is 52.7 Å². The second-order valence-corrected chi connectivity index (χ2v) is 8.97. The fraction of sp³-hybridized carbons (Fsp3) is 0.346. The Kier molecular flexibility index (Phi) is 8.14. The SMILES string of the molecule is CC(=O)C(N=Nc1ccc2c(c1)C(=O)NC2=O)C(=O)Nc1ccc(C(=O)NCCCN2CCCC2)cc1. The Morgan fingerprint density at radius 2 is 1.70 bits per heavy atom. The number of fused-ring (bicyclic) bond motifs is 1. The molecule has 2 aliphatic rings. The molecule has 2 aliphatic heterocycles. The highest BCUT2D eigenvalue weighted by Gasteiger charge is 2.27. The summed E-state index contributed by atoms with van der Waals surface area (Å²) >= 11 is 0. The molecule has 0 spiro atoms. The first kappa shape index (κ1) is 25.8. The van der Waals surface area contributed by atoms with Crippen molar-refractivity contribution in [2.75, 3.05) is 31.5 Å².